The van der Waals surface area contributed by atoms with Gasteiger partial charge in [-0.15, -0.1) is 11.3 Å². The highest BCUT2D eigenvalue weighted by molar-refractivity contribution is 7.92. The van der Waals surface area contributed by atoms with Crippen molar-refractivity contribution in [1.82, 2.24) is 5.32 Å². The predicted octanol–water partition coefficient (Wildman–Crippen LogP) is 3.85. The average molecular weight is 479 g/mol. The van der Waals surface area contributed by atoms with Gasteiger partial charge in [-0.1, -0.05) is 29.8 Å². The Bertz CT molecular complexity index is 1190. The summed E-state index contributed by atoms with van der Waals surface area (Å²) in [5, 5.41) is 4.73. The third kappa shape index (κ3) is 6.06. The molecule has 0 unspecified atom stereocenters. The number of carbonyl (C=O) groups excluding carboxylic acids is 2. The molecule has 0 aliphatic heterocycles. The summed E-state index contributed by atoms with van der Waals surface area (Å²) in [6.07, 6.45) is 0.236. The molecule has 0 aliphatic carbocycles. The lowest BCUT2D eigenvalue weighted by Gasteiger charge is -2.13. The van der Waals surface area contributed by atoms with E-state index in [2.05, 4.69) is 10.0 Å². The minimum atomic E-state index is -4.00. The van der Waals surface area contributed by atoms with Crippen LogP contribution in [0.15, 0.2) is 64.9 Å². The van der Waals surface area contributed by atoms with Crippen LogP contribution in [0.25, 0.3) is 0 Å². The second kappa shape index (κ2) is 9.95. The Hall–Kier alpha value is -2.88. The summed E-state index contributed by atoms with van der Waals surface area (Å²) in [6.45, 7) is 0.107. The SMILES string of the molecule is COC(=O)c1cc(CNC(=O)Cc2cccs2)cc(NS(=O)(=O)c2ccccc2Cl)c1. The summed E-state index contributed by atoms with van der Waals surface area (Å²) in [7, 11) is -2.77. The molecular weight excluding hydrogens is 460 g/mol. The van der Waals surface area contributed by atoms with Crippen LogP contribution in [-0.2, 0) is 32.5 Å². The number of rotatable bonds is 8. The van der Waals surface area contributed by atoms with Crippen molar-refractivity contribution in [1.29, 1.82) is 0 Å². The van der Waals surface area contributed by atoms with Crippen molar-refractivity contribution in [3.8, 4) is 0 Å². The first kappa shape index (κ1) is 22.8. The number of sulfonamides is 1. The second-order valence-corrected chi connectivity index (χ2v) is 9.57. The van der Waals surface area contributed by atoms with Crippen LogP contribution in [0, 0.1) is 0 Å². The van der Waals surface area contributed by atoms with Gasteiger partial charge in [-0.05, 0) is 47.3 Å². The molecule has 0 atom stereocenters. The summed E-state index contributed by atoms with van der Waals surface area (Å²) < 4.78 is 32.7. The van der Waals surface area contributed by atoms with E-state index < -0.39 is 16.0 Å². The number of methoxy groups -OCH3 is 1. The molecule has 7 nitrogen and oxygen atoms in total. The minimum absolute atomic E-state index is 0.0696. The Kier molecular flexibility index (Phi) is 7.32. The summed E-state index contributed by atoms with van der Waals surface area (Å²) in [4.78, 5) is 25.1. The number of anilines is 1. The molecule has 0 fully saturated rings. The van der Waals surface area contributed by atoms with Crippen LogP contribution >= 0.6 is 22.9 Å². The van der Waals surface area contributed by atoms with Crippen LogP contribution in [-0.4, -0.2) is 27.4 Å². The molecule has 1 heterocycles. The van der Waals surface area contributed by atoms with Crippen LogP contribution in [0.5, 0.6) is 0 Å². The molecule has 2 N–H and O–H groups in total. The quantitative estimate of drug-likeness (QED) is 0.479. The van der Waals surface area contributed by atoms with E-state index in [9.17, 15) is 18.0 Å². The fourth-order valence-corrected chi connectivity index (χ4v) is 5.06. The molecular formula is C21H19ClN2O5S2. The lowest BCUT2D eigenvalue weighted by Crippen LogP contribution is -2.24. The zero-order valence-electron chi connectivity index (χ0n) is 16.4. The topological polar surface area (TPSA) is 102 Å². The number of thiophene rings is 1. The van der Waals surface area contributed by atoms with E-state index in [1.165, 1.54) is 48.8 Å². The highest BCUT2D eigenvalue weighted by Crippen LogP contribution is 2.25. The summed E-state index contributed by atoms with van der Waals surface area (Å²) in [5.41, 5.74) is 0.814. The van der Waals surface area contributed by atoms with Crippen LogP contribution in [0.1, 0.15) is 20.8 Å². The molecule has 0 spiro atoms. The third-order valence-corrected chi connectivity index (χ3v) is 6.95. The number of benzene rings is 2. The van der Waals surface area contributed by atoms with E-state index in [0.717, 1.165) is 4.88 Å². The molecule has 0 radical (unpaired) electrons. The van der Waals surface area contributed by atoms with Crippen molar-refractivity contribution in [2.45, 2.75) is 17.9 Å². The molecule has 1 aromatic heterocycles. The maximum Gasteiger partial charge on any atom is 0.337 e. The van der Waals surface area contributed by atoms with Crippen LogP contribution in [0.2, 0.25) is 5.02 Å². The number of hydrogen-bond donors (Lipinski definition) is 2. The predicted molar refractivity (Wildman–Crippen MR) is 120 cm³/mol. The highest BCUT2D eigenvalue weighted by atomic mass is 35.5. The zero-order chi connectivity index (χ0) is 22.4. The monoisotopic (exact) mass is 478 g/mol. The minimum Gasteiger partial charge on any atom is -0.465 e. The van der Waals surface area contributed by atoms with E-state index in [0.29, 0.717) is 5.56 Å². The van der Waals surface area contributed by atoms with Gasteiger partial charge < -0.3 is 10.1 Å². The first-order valence-corrected chi connectivity index (χ1v) is 11.8. The van der Waals surface area contributed by atoms with Crippen LogP contribution in [0.4, 0.5) is 5.69 Å². The lowest BCUT2D eigenvalue weighted by molar-refractivity contribution is -0.120. The van der Waals surface area contributed by atoms with Gasteiger partial charge in [0.2, 0.25) is 5.91 Å². The number of hydrogen-bond acceptors (Lipinski definition) is 6. The van der Waals surface area contributed by atoms with E-state index >= 15 is 0 Å². The van der Waals surface area contributed by atoms with Gasteiger partial charge in [0, 0.05) is 11.4 Å². The molecule has 162 valence electrons. The molecule has 0 saturated heterocycles. The number of esters is 1. The summed E-state index contributed by atoms with van der Waals surface area (Å²) >= 11 is 7.49. The molecule has 3 rings (SSSR count). The maximum atomic E-state index is 12.7. The van der Waals surface area contributed by atoms with Crippen molar-refractivity contribution in [2.75, 3.05) is 11.8 Å². The van der Waals surface area contributed by atoms with Gasteiger partial charge in [-0.2, -0.15) is 0 Å². The van der Waals surface area contributed by atoms with E-state index in [-0.39, 0.29) is 40.0 Å². The fourth-order valence-electron chi connectivity index (χ4n) is 2.80. The van der Waals surface area contributed by atoms with E-state index in [4.69, 9.17) is 16.3 Å². The normalized spacial score (nSPS) is 11.0. The number of halogens is 1. The van der Waals surface area contributed by atoms with Crippen molar-refractivity contribution >= 4 is 50.5 Å². The van der Waals surface area contributed by atoms with Crippen LogP contribution in [0.3, 0.4) is 0 Å². The Labute approximate surface area is 189 Å². The summed E-state index contributed by atoms with van der Waals surface area (Å²) in [5.74, 6) is -0.825. The van der Waals surface area contributed by atoms with Crippen molar-refractivity contribution in [2.24, 2.45) is 0 Å². The smallest absolute Gasteiger partial charge is 0.337 e. The van der Waals surface area contributed by atoms with Gasteiger partial charge in [0.05, 0.1) is 29.8 Å². The van der Waals surface area contributed by atoms with Gasteiger partial charge >= 0.3 is 5.97 Å². The van der Waals surface area contributed by atoms with E-state index in [1.54, 1.807) is 12.1 Å². The second-order valence-electron chi connectivity index (χ2n) is 6.48. The first-order valence-electron chi connectivity index (χ1n) is 9.07. The molecule has 0 bridgehead atoms. The molecule has 10 heteroatoms. The number of ether oxygens (including phenoxy) is 1. The standard InChI is InChI=1S/C21H19ClN2O5S2/c1-29-21(26)15-9-14(13-23-20(25)12-17-5-4-8-30-17)10-16(11-15)24-31(27,28)19-7-3-2-6-18(19)22/h2-11,24H,12-13H2,1H3,(H,23,25). The average Bonchev–Trinajstić information content (AvgIpc) is 3.24. The molecule has 0 saturated carbocycles. The Morgan fingerprint density at radius 1 is 1.10 bits per heavy atom. The molecule has 0 aliphatic rings. The fraction of sp³-hybridized carbons (Fsp3) is 0.143. The molecule has 3 aromatic rings. The highest BCUT2D eigenvalue weighted by Gasteiger charge is 2.19. The van der Waals surface area contributed by atoms with Gasteiger partial charge in [0.25, 0.3) is 10.0 Å². The van der Waals surface area contributed by atoms with Gasteiger partial charge in [0.15, 0.2) is 0 Å². The molecule has 31 heavy (non-hydrogen) atoms. The summed E-state index contributed by atoms with van der Waals surface area (Å²) in [6, 6.07) is 14.2. The van der Waals surface area contributed by atoms with Crippen molar-refractivity contribution in [3.63, 3.8) is 0 Å². The Balaban J connectivity index is 1.82. The van der Waals surface area contributed by atoms with Gasteiger partial charge in [-0.3, -0.25) is 9.52 Å². The lowest BCUT2D eigenvalue weighted by atomic mass is 10.1. The Morgan fingerprint density at radius 3 is 2.55 bits per heavy atom. The number of carbonyl (C=O) groups is 2. The molecule has 2 aromatic carbocycles. The first-order chi connectivity index (χ1) is 14.8. The van der Waals surface area contributed by atoms with Crippen LogP contribution < -0.4 is 10.0 Å². The van der Waals surface area contributed by atoms with E-state index in [1.807, 2.05) is 17.5 Å². The molecule has 1 amide bonds. The van der Waals surface area contributed by atoms with Gasteiger partial charge in [0.1, 0.15) is 4.90 Å². The van der Waals surface area contributed by atoms with Crippen molar-refractivity contribution < 1.29 is 22.7 Å². The largest absolute Gasteiger partial charge is 0.465 e. The van der Waals surface area contributed by atoms with Crippen molar-refractivity contribution in [3.05, 3.63) is 81.0 Å². The third-order valence-electron chi connectivity index (χ3n) is 4.20. The maximum absolute atomic E-state index is 12.7. The number of nitrogens with one attached hydrogen (secondary N) is 2. The zero-order valence-corrected chi connectivity index (χ0v) is 18.8. The Morgan fingerprint density at radius 2 is 1.87 bits per heavy atom. The number of amides is 1. The van der Waals surface area contributed by atoms with Gasteiger partial charge in [-0.25, -0.2) is 13.2 Å².